The molecular weight excluding hydrogens is 1820 g/mol. The first-order valence-corrected chi connectivity index (χ1v) is 52.5. The second kappa shape index (κ2) is 43.1. The number of carbonyl (C=O) groups excluding carboxylic acids is 6. The number of fused-ring (bicyclic) bond motifs is 18. The molecule has 20 rings (SSSR count). The van der Waals surface area contributed by atoms with Crippen LogP contribution in [-0.4, -0.2) is 201 Å². The number of aromatic hydroxyl groups is 2. The molecule has 32 heteroatoms. The molecule has 2 spiro atoms. The summed E-state index contributed by atoms with van der Waals surface area (Å²) in [5.74, 6) is 2.48. The summed E-state index contributed by atoms with van der Waals surface area (Å²) in [5, 5.41) is 52.3. The molecule has 0 aromatic heterocycles. The number of unbranched alkanes of at least 4 members (excludes halogenated alkanes) is 16. The van der Waals surface area contributed by atoms with Gasteiger partial charge in [0.15, 0.2) is 80.1 Å². The average molecular weight is 1950 g/mol. The number of aliphatic hydroxyl groups is 1. The summed E-state index contributed by atoms with van der Waals surface area (Å²) in [7, 11) is 10.2. The van der Waals surface area contributed by atoms with E-state index in [1.165, 1.54) is 37.7 Å². The number of aliphatic hydroxyl groups excluding tert-OH is 1. The molecule has 4 fully saturated rings. The van der Waals surface area contributed by atoms with Gasteiger partial charge < -0.3 is 81.6 Å². The molecule has 0 saturated carbocycles. The number of ether oxygens (including phenoxy) is 14. The largest absolute Gasteiger partial charge is 0.504 e. The van der Waals surface area contributed by atoms with Gasteiger partial charge in [-0.1, -0.05) is 143 Å². The standard InChI is InChI=1S/C54H68N4O11S.C53H69N3O12S/c1-8-10-12-14-16-18-40(60)68-48-31(4)49-50(67-29-66-49)43-37-27-65-53(62)54(34-25-39(63-6)38(59)24-32(34)20-21-56-54)28-70-52(44(43)48)46-45-42-33(23-35(57(45)5)36(26-55)58(37)46)22-30(3)47(64-7)51(42)69-41(61)19-17-15-13-11-9-2;1-8-10-12-14-16-18-38(58)67-46-30(4)47-48(66-28-65-47)41-35-26-64-52(61)53(33-25-37(62-6)36(57)24-31(33)20-21-54-53)27-69-50(42(41)46)44-43-40-32(23-34(55(43)5)51(60)56(35)44)22-29(3)45(63-7)49(40)68-39(59)19-17-15-13-11-9-2/h22,24-25,35-37,45-46,52,56,59H,8-21,23,27-29H2,1-7H3;22,24-25,34-35,43-44,50-51,54,57,60H,8-21,23,26-28H2,1-7H3/t35-,36-,37-,45+,46?,52+,54+;34-,35-,43+,44?,50+,51-,53+/m00/s1. The van der Waals surface area contributed by atoms with Crippen molar-refractivity contribution in [2.24, 2.45) is 0 Å². The number of nitrogens with zero attached hydrogens (tertiary/aromatic N) is 5. The van der Waals surface area contributed by atoms with E-state index in [1.807, 2.05) is 41.8 Å². The second-order valence-corrected chi connectivity index (χ2v) is 41.6. The van der Waals surface area contributed by atoms with E-state index < -0.39 is 88.1 Å². The van der Waals surface area contributed by atoms with Gasteiger partial charge in [0.1, 0.15) is 37.0 Å². The zero-order valence-corrected chi connectivity index (χ0v) is 84.5. The first-order chi connectivity index (χ1) is 67.3. The smallest absolute Gasteiger partial charge is 0.331 e. The Morgan fingerprint density at radius 1 is 0.453 bits per heavy atom. The third kappa shape index (κ3) is 18.5. The van der Waals surface area contributed by atoms with Gasteiger partial charge in [-0.2, -0.15) is 5.26 Å². The Bertz CT molecular complexity index is 5710. The van der Waals surface area contributed by atoms with Crippen molar-refractivity contribution in [3.05, 3.63) is 125 Å². The van der Waals surface area contributed by atoms with Crippen molar-refractivity contribution in [1.29, 1.82) is 5.26 Å². The van der Waals surface area contributed by atoms with Gasteiger partial charge in [0.2, 0.25) is 13.6 Å². The maximum Gasteiger partial charge on any atom is 0.331 e. The molecule has 14 aliphatic heterocycles. The summed E-state index contributed by atoms with van der Waals surface area (Å²) in [4.78, 5) is 95.2. The Labute approximate surface area is 823 Å². The fourth-order valence-electron chi connectivity index (χ4n) is 24.2. The molecule has 139 heavy (non-hydrogen) atoms. The van der Waals surface area contributed by atoms with E-state index >= 15 is 9.59 Å². The van der Waals surface area contributed by atoms with E-state index in [0.29, 0.717) is 166 Å². The van der Waals surface area contributed by atoms with Crippen LogP contribution < -0.4 is 67.5 Å². The van der Waals surface area contributed by atoms with Crippen molar-refractivity contribution in [1.82, 2.24) is 30.2 Å². The molecule has 750 valence electrons. The lowest BCUT2D eigenvalue weighted by atomic mass is 9.71. The van der Waals surface area contributed by atoms with Crippen LogP contribution in [0.5, 0.6) is 80.5 Å². The molecule has 8 bridgehead atoms. The van der Waals surface area contributed by atoms with E-state index in [4.69, 9.17) is 66.3 Å². The van der Waals surface area contributed by atoms with Crippen LogP contribution >= 0.6 is 23.5 Å². The fourth-order valence-corrected chi connectivity index (χ4v) is 27.6. The van der Waals surface area contributed by atoms with Gasteiger partial charge in [0.25, 0.3) is 0 Å². The van der Waals surface area contributed by atoms with E-state index in [9.17, 15) is 39.8 Å². The Morgan fingerprint density at radius 3 is 1.21 bits per heavy atom. The Hall–Kier alpha value is -9.95. The van der Waals surface area contributed by atoms with Gasteiger partial charge in [-0.25, -0.2) is 9.59 Å². The minimum Gasteiger partial charge on any atom is -0.504 e. The summed E-state index contributed by atoms with van der Waals surface area (Å²) in [6, 6.07) is 8.34. The number of methoxy groups -OCH3 is 4. The van der Waals surface area contributed by atoms with Crippen LogP contribution in [0.25, 0.3) is 0 Å². The predicted molar refractivity (Wildman–Crippen MR) is 523 cm³/mol. The third-order valence-electron chi connectivity index (χ3n) is 31.0. The highest BCUT2D eigenvalue weighted by molar-refractivity contribution is 7.99. The van der Waals surface area contributed by atoms with Gasteiger partial charge in [0, 0.05) is 113 Å². The molecule has 2 unspecified atom stereocenters. The molecule has 0 radical (unpaired) electrons. The number of carbonyl (C=O) groups is 6. The first-order valence-electron chi connectivity index (χ1n) is 50.4. The predicted octanol–water partition coefficient (Wildman–Crippen LogP) is 17.2. The van der Waals surface area contributed by atoms with E-state index in [0.717, 1.165) is 147 Å². The quantitative estimate of drug-likeness (QED) is 0.0149. The number of thioether (sulfide) groups is 2. The average Bonchev–Trinajstić information content (AvgIpc) is 1.55. The molecule has 6 aromatic carbocycles. The van der Waals surface area contributed by atoms with Crippen LogP contribution in [0.3, 0.4) is 0 Å². The SMILES string of the molecule is CCCCCCCC(=O)Oc1c(C)c2c(c3c1[C@H]1SC[C@]4(NCCc5cc(O)c(OC)cc54)C(=O)OC[C@@H]3N3C1[C@H]1c4c(cc(C)c(OC)c4OC(=O)CCCCCCC)C[C@@H]([C@@H]3C#N)N1C)OCO2.CCCCCCCC(=O)Oc1c(C)c2c(c3c1[C@H]1SC[C@]4(NCCc5cc(O)c(OC)cc54)C(=O)OC[C@@H]3N3C1[C@H]1c4c(cc(C)c(OC)c4OC(=O)CCCCCCC)C[C@@H]([C@@H]3O)N1C)OCO2. The number of piperazine rings is 2. The van der Waals surface area contributed by atoms with Crippen molar-refractivity contribution >= 4 is 59.3 Å². The number of aryl methyl sites for hydroxylation is 2. The van der Waals surface area contributed by atoms with Crippen LogP contribution in [0, 0.1) is 39.0 Å². The highest BCUT2D eigenvalue weighted by Gasteiger charge is 2.65. The molecule has 14 aliphatic rings. The van der Waals surface area contributed by atoms with E-state index in [1.54, 1.807) is 38.5 Å². The number of likely N-dealkylation sites (N-methyl/N-ethyl adjacent to an activating group) is 2. The number of esters is 6. The molecular formula is C107H137N7O23S2. The molecule has 4 saturated heterocycles. The van der Waals surface area contributed by atoms with Gasteiger partial charge in [0.05, 0.1) is 75.2 Å². The van der Waals surface area contributed by atoms with E-state index in [-0.39, 0.29) is 117 Å². The van der Waals surface area contributed by atoms with Crippen LogP contribution in [0.1, 0.15) is 305 Å². The van der Waals surface area contributed by atoms with Crippen LogP contribution in [0.15, 0.2) is 36.4 Å². The lowest BCUT2D eigenvalue weighted by molar-refractivity contribution is -0.186. The summed E-state index contributed by atoms with van der Waals surface area (Å²) in [6.45, 7) is 16.6. The summed E-state index contributed by atoms with van der Waals surface area (Å²) in [6.07, 6.45) is 21.3. The molecule has 30 nitrogen and oxygen atoms in total. The number of nitriles is 1. The molecule has 5 N–H and O–H groups in total. The van der Waals surface area contributed by atoms with Gasteiger partial charge >= 0.3 is 35.8 Å². The highest BCUT2D eigenvalue weighted by Crippen LogP contribution is 2.68. The van der Waals surface area contributed by atoms with Crippen LogP contribution in [0.4, 0.5) is 0 Å². The number of nitrogens with one attached hydrogen (secondary N) is 2. The van der Waals surface area contributed by atoms with Crippen LogP contribution in [-0.2, 0) is 75.0 Å². The zero-order valence-electron chi connectivity index (χ0n) is 82.9. The zero-order chi connectivity index (χ0) is 98.2. The summed E-state index contributed by atoms with van der Waals surface area (Å²) >= 11 is 3.01. The Kier molecular flexibility index (Phi) is 31.2. The minimum absolute atomic E-state index is 0.0235. The third-order valence-corrected chi connectivity index (χ3v) is 33.9. The molecule has 14 atom stereocenters. The maximum absolute atomic E-state index is 15.1. The van der Waals surface area contributed by atoms with Crippen molar-refractivity contribution in [3.8, 4) is 86.6 Å². The van der Waals surface area contributed by atoms with Crippen molar-refractivity contribution in [2.75, 3.05) is 93.9 Å². The molecule has 14 heterocycles. The number of hydrogen-bond acceptors (Lipinski definition) is 32. The van der Waals surface area contributed by atoms with Crippen molar-refractivity contribution in [3.63, 3.8) is 0 Å². The monoisotopic (exact) mass is 1950 g/mol. The number of phenols is 2. The molecule has 6 aromatic rings. The maximum atomic E-state index is 15.1. The summed E-state index contributed by atoms with van der Waals surface area (Å²) in [5.41, 5.74) is 9.12. The normalized spacial score (nSPS) is 25.4. The molecule has 0 aliphatic carbocycles. The Morgan fingerprint density at radius 2 is 0.820 bits per heavy atom. The molecule has 0 amide bonds. The topological polar surface area (TPSA) is 353 Å². The van der Waals surface area contributed by atoms with Crippen molar-refractivity contribution in [2.45, 2.75) is 317 Å². The number of benzene rings is 6. The van der Waals surface area contributed by atoms with Gasteiger partial charge in [-0.3, -0.25) is 49.4 Å². The fraction of sp³-hybridized carbons (Fsp3) is 0.598. The lowest BCUT2D eigenvalue weighted by Gasteiger charge is -2.62. The first kappa shape index (κ1) is 101. The number of phenolic OH excluding ortho intramolecular Hbond substituents is 2. The minimum atomic E-state index is -1.40. The highest BCUT2D eigenvalue weighted by atomic mass is 32.2. The van der Waals surface area contributed by atoms with Gasteiger partial charge in [-0.15, -0.1) is 23.5 Å². The Balaban J connectivity index is 0.000000192. The van der Waals surface area contributed by atoms with Gasteiger partial charge in [-0.05, 0) is 162 Å². The lowest BCUT2D eigenvalue weighted by Crippen LogP contribution is -2.70. The van der Waals surface area contributed by atoms with Crippen molar-refractivity contribution < 1.29 is 110 Å². The number of rotatable bonds is 32. The van der Waals surface area contributed by atoms with E-state index in [2.05, 4.69) is 76.1 Å². The second-order valence-electron chi connectivity index (χ2n) is 39.3. The number of hydrogen-bond donors (Lipinski definition) is 5. The van der Waals surface area contributed by atoms with Crippen LogP contribution in [0.2, 0.25) is 0 Å². The summed E-state index contributed by atoms with van der Waals surface area (Å²) < 4.78 is 88.1.